The molecule has 0 spiro atoms. The van der Waals surface area contributed by atoms with Gasteiger partial charge in [-0.05, 0) is 54.7 Å². The molecule has 1 unspecified atom stereocenters. The van der Waals surface area contributed by atoms with E-state index < -0.39 is 5.97 Å². The molecular weight excluding hydrogens is 212 g/mol. The first-order valence-electron chi connectivity index (χ1n) is 6.43. The lowest BCUT2D eigenvalue weighted by Gasteiger charge is -2.16. The molecule has 1 aromatic carbocycles. The molecular formula is C15H20O2. The highest BCUT2D eigenvalue weighted by molar-refractivity contribution is 5.68. The van der Waals surface area contributed by atoms with Crippen LogP contribution in [0.25, 0.3) is 0 Å². The van der Waals surface area contributed by atoms with Crippen molar-refractivity contribution >= 4 is 5.97 Å². The molecule has 0 aromatic heterocycles. The summed E-state index contributed by atoms with van der Waals surface area (Å²) in [4.78, 5) is 10.9. The van der Waals surface area contributed by atoms with Crippen LogP contribution in [-0.4, -0.2) is 11.1 Å². The molecule has 0 aliphatic heterocycles. The van der Waals surface area contributed by atoms with Crippen LogP contribution in [0, 0.1) is 12.8 Å². The molecule has 1 saturated carbocycles. The first-order chi connectivity index (χ1) is 8.11. The second kappa shape index (κ2) is 4.91. The van der Waals surface area contributed by atoms with Crippen LogP contribution in [0.1, 0.15) is 48.8 Å². The van der Waals surface area contributed by atoms with Gasteiger partial charge in [-0.15, -0.1) is 0 Å². The zero-order valence-electron chi connectivity index (χ0n) is 10.6. The van der Waals surface area contributed by atoms with Gasteiger partial charge in [-0.2, -0.15) is 0 Å². The van der Waals surface area contributed by atoms with Gasteiger partial charge in [-0.25, -0.2) is 0 Å². The van der Waals surface area contributed by atoms with Crippen molar-refractivity contribution in [2.75, 3.05) is 0 Å². The topological polar surface area (TPSA) is 37.3 Å². The summed E-state index contributed by atoms with van der Waals surface area (Å²) in [6.07, 6.45) is 3.69. The third-order valence-corrected chi connectivity index (χ3v) is 3.76. The van der Waals surface area contributed by atoms with Gasteiger partial charge in [-0.3, -0.25) is 4.79 Å². The number of carboxylic acid groups (broad SMARTS) is 1. The summed E-state index contributed by atoms with van der Waals surface area (Å²) in [6.45, 7) is 4.27. The van der Waals surface area contributed by atoms with Crippen molar-refractivity contribution in [3.63, 3.8) is 0 Å². The van der Waals surface area contributed by atoms with E-state index in [1.165, 1.54) is 29.5 Å². The van der Waals surface area contributed by atoms with E-state index in [1.807, 2.05) is 0 Å². The lowest BCUT2D eigenvalue weighted by Crippen LogP contribution is -2.08. The SMILES string of the molecule is CCc1ccc(C(CC(=O)O)C2CC2)cc1C. The Bertz CT molecular complexity index is 419. The van der Waals surface area contributed by atoms with E-state index in [9.17, 15) is 4.79 Å². The van der Waals surface area contributed by atoms with Crippen molar-refractivity contribution in [2.24, 2.45) is 5.92 Å². The largest absolute Gasteiger partial charge is 0.481 e. The summed E-state index contributed by atoms with van der Waals surface area (Å²) in [5.41, 5.74) is 3.87. The minimum absolute atomic E-state index is 0.220. The second-order valence-electron chi connectivity index (χ2n) is 5.08. The molecule has 1 fully saturated rings. The van der Waals surface area contributed by atoms with E-state index in [1.54, 1.807) is 0 Å². The molecule has 1 N–H and O–H groups in total. The van der Waals surface area contributed by atoms with Crippen LogP contribution in [0.3, 0.4) is 0 Å². The number of hydrogen-bond acceptors (Lipinski definition) is 1. The summed E-state index contributed by atoms with van der Waals surface area (Å²) < 4.78 is 0. The maximum Gasteiger partial charge on any atom is 0.303 e. The zero-order valence-corrected chi connectivity index (χ0v) is 10.6. The van der Waals surface area contributed by atoms with Gasteiger partial charge in [0.1, 0.15) is 0 Å². The van der Waals surface area contributed by atoms with Crippen molar-refractivity contribution < 1.29 is 9.90 Å². The third kappa shape index (κ3) is 2.87. The van der Waals surface area contributed by atoms with Gasteiger partial charge < -0.3 is 5.11 Å². The Hall–Kier alpha value is -1.31. The van der Waals surface area contributed by atoms with Gasteiger partial charge >= 0.3 is 5.97 Å². The Labute approximate surface area is 103 Å². The number of carboxylic acids is 1. The predicted octanol–water partition coefficient (Wildman–Crippen LogP) is 3.53. The fourth-order valence-corrected chi connectivity index (χ4v) is 2.59. The Morgan fingerprint density at radius 2 is 2.18 bits per heavy atom. The normalized spacial score (nSPS) is 16.8. The van der Waals surface area contributed by atoms with E-state index in [0.717, 1.165) is 6.42 Å². The van der Waals surface area contributed by atoms with Crippen LogP contribution >= 0.6 is 0 Å². The molecule has 0 radical (unpaired) electrons. The van der Waals surface area contributed by atoms with Crippen LogP contribution < -0.4 is 0 Å². The molecule has 0 amide bonds. The molecule has 0 heterocycles. The molecule has 1 aliphatic carbocycles. The van der Waals surface area contributed by atoms with Crippen LogP contribution in [0.5, 0.6) is 0 Å². The average Bonchev–Trinajstić information content (AvgIpc) is 3.09. The van der Waals surface area contributed by atoms with Crippen molar-refractivity contribution in [1.82, 2.24) is 0 Å². The van der Waals surface area contributed by atoms with E-state index in [2.05, 4.69) is 32.0 Å². The minimum atomic E-state index is -0.681. The molecule has 0 bridgehead atoms. The van der Waals surface area contributed by atoms with E-state index in [4.69, 9.17) is 5.11 Å². The van der Waals surface area contributed by atoms with E-state index in [0.29, 0.717) is 5.92 Å². The quantitative estimate of drug-likeness (QED) is 0.843. The maximum atomic E-state index is 10.9. The summed E-state index contributed by atoms with van der Waals surface area (Å²) in [7, 11) is 0. The highest BCUT2D eigenvalue weighted by Gasteiger charge is 2.33. The molecule has 1 atom stereocenters. The van der Waals surface area contributed by atoms with Crippen molar-refractivity contribution in [2.45, 2.75) is 45.4 Å². The molecule has 17 heavy (non-hydrogen) atoms. The standard InChI is InChI=1S/C15H20O2/c1-3-11-4-7-13(8-10(11)2)14(9-15(16)17)12-5-6-12/h4,7-8,12,14H,3,5-6,9H2,1-2H3,(H,16,17). The summed E-state index contributed by atoms with van der Waals surface area (Å²) in [6, 6.07) is 6.46. The van der Waals surface area contributed by atoms with Gasteiger partial charge in [0.05, 0.1) is 6.42 Å². The molecule has 92 valence electrons. The summed E-state index contributed by atoms with van der Waals surface area (Å²) in [5.74, 6) is 0.134. The number of aryl methyl sites for hydroxylation is 2. The second-order valence-corrected chi connectivity index (χ2v) is 5.08. The Morgan fingerprint density at radius 1 is 1.47 bits per heavy atom. The number of benzene rings is 1. The fourth-order valence-electron chi connectivity index (χ4n) is 2.59. The Balaban J connectivity index is 2.23. The molecule has 0 saturated heterocycles. The first kappa shape index (κ1) is 12.2. The fraction of sp³-hybridized carbons (Fsp3) is 0.533. The first-order valence-corrected chi connectivity index (χ1v) is 6.43. The van der Waals surface area contributed by atoms with Gasteiger partial charge in [0.25, 0.3) is 0 Å². The van der Waals surface area contributed by atoms with Crippen molar-refractivity contribution in [3.8, 4) is 0 Å². The predicted molar refractivity (Wildman–Crippen MR) is 68.3 cm³/mol. The number of hydrogen-bond donors (Lipinski definition) is 1. The molecule has 1 aliphatic rings. The Kier molecular flexibility index (Phi) is 3.51. The van der Waals surface area contributed by atoms with Crippen molar-refractivity contribution in [3.05, 3.63) is 34.9 Å². The average molecular weight is 232 g/mol. The van der Waals surface area contributed by atoms with E-state index in [-0.39, 0.29) is 12.3 Å². The maximum absolute atomic E-state index is 10.9. The molecule has 2 nitrogen and oxygen atoms in total. The van der Waals surface area contributed by atoms with Crippen molar-refractivity contribution in [1.29, 1.82) is 0 Å². The monoisotopic (exact) mass is 232 g/mol. The highest BCUT2D eigenvalue weighted by atomic mass is 16.4. The van der Waals surface area contributed by atoms with Gasteiger partial charge in [0, 0.05) is 0 Å². The lowest BCUT2D eigenvalue weighted by atomic mass is 9.88. The van der Waals surface area contributed by atoms with Crippen LogP contribution in [0.2, 0.25) is 0 Å². The molecule has 2 rings (SSSR count). The van der Waals surface area contributed by atoms with E-state index >= 15 is 0 Å². The van der Waals surface area contributed by atoms with Gasteiger partial charge in [0.2, 0.25) is 0 Å². The number of carbonyl (C=O) groups is 1. The lowest BCUT2D eigenvalue weighted by molar-refractivity contribution is -0.137. The summed E-state index contributed by atoms with van der Waals surface area (Å²) in [5, 5.41) is 8.99. The van der Waals surface area contributed by atoms with Gasteiger partial charge in [-0.1, -0.05) is 25.1 Å². The summed E-state index contributed by atoms with van der Waals surface area (Å²) >= 11 is 0. The smallest absolute Gasteiger partial charge is 0.303 e. The zero-order chi connectivity index (χ0) is 12.4. The third-order valence-electron chi connectivity index (χ3n) is 3.76. The minimum Gasteiger partial charge on any atom is -0.481 e. The van der Waals surface area contributed by atoms with Crippen LogP contribution in [-0.2, 0) is 11.2 Å². The highest BCUT2D eigenvalue weighted by Crippen LogP contribution is 2.44. The number of aliphatic carboxylic acids is 1. The Morgan fingerprint density at radius 3 is 2.65 bits per heavy atom. The van der Waals surface area contributed by atoms with Crippen LogP contribution in [0.4, 0.5) is 0 Å². The van der Waals surface area contributed by atoms with Gasteiger partial charge in [0.15, 0.2) is 0 Å². The number of rotatable bonds is 5. The molecule has 2 heteroatoms. The van der Waals surface area contributed by atoms with Crippen LogP contribution in [0.15, 0.2) is 18.2 Å². The molecule has 1 aromatic rings.